The van der Waals surface area contributed by atoms with Gasteiger partial charge in [-0.2, -0.15) is 13.2 Å². The summed E-state index contributed by atoms with van der Waals surface area (Å²) in [7, 11) is 0. The summed E-state index contributed by atoms with van der Waals surface area (Å²) in [5.41, 5.74) is 3.60. The fourth-order valence-electron chi connectivity index (χ4n) is 2.62. The molecule has 1 amide bonds. The Morgan fingerprint density at radius 1 is 1.30 bits per heavy atom. The van der Waals surface area contributed by atoms with E-state index in [9.17, 15) is 22.8 Å². The Bertz CT molecular complexity index is 579. The highest BCUT2D eigenvalue weighted by Gasteiger charge is 2.43. The molecule has 108 valence electrons. The van der Waals surface area contributed by atoms with Gasteiger partial charge in [-0.1, -0.05) is 0 Å². The van der Waals surface area contributed by atoms with Crippen LogP contribution in [0.15, 0.2) is 6.07 Å². The fourth-order valence-corrected chi connectivity index (χ4v) is 2.62. The van der Waals surface area contributed by atoms with Gasteiger partial charge in [0.1, 0.15) is 6.29 Å². The van der Waals surface area contributed by atoms with Crippen molar-refractivity contribution in [3.63, 3.8) is 0 Å². The molecule has 0 bridgehead atoms. The normalized spacial score (nSPS) is 14.9. The molecule has 0 spiro atoms. The van der Waals surface area contributed by atoms with Crippen LogP contribution in [0.4, 0.5) is 13.2 Å². The highest BCUT2D eigenvalue weighted by atomic mass is 19.4. The minimum atomic E-state index is -4.86. The Hall–Kier alpha value is -1.85. The third-order valence-electron chi connectivity index (χ3n) is 3.74. The molecule has 1 heterocycles. The molecular formula is C14H14F3NO2. The molecule has 0 atom stereocenters. The molecular weight excluding hydrogens is 271 g/mol. The number of fused-ring (bicyclic) bond motifs is 1. The summed E-state index contributed by atoms with van der Waals surface area (Å²) in [5, 5.41) is 0. The summed E-state index contributed by atoms with van der Waals surface area (Å²) >= 11 is 0. The van der Waals surface area contributed by atoms with Gasteiger partial charge in [0.25, 0.3) is 0 Å². The van der Waals surface area contributed by atoms with Gasteiger partial charge >= 0.3 is 12.1 Å². The molecule has 2 rings (SSSR count). The van der Waals surface area contributed by atoms with Crippen molar-refractivity contribution in [1.29, 1.82) is 0 Å². The van der Waals surface area contributed by atoms with E-state index in [1.807, 2.05) is 6.92 Å². The van der Waals surface area contributed by atoms with Crippen molar-refractivity contribution in [2.45, 2.75) is 33.0 Å². The summed E-state index contributed by atoms with van der Waals surface area (Å²) in [6.45, 7) is 3.48. The van der Waals surface area contributed by atoms with E-state index in [4.69, 9.17) is 0 Å². The number of hydrogen-bond acceptors (Lipinski definition) is 2. The lowest BCUT2D eigenvalue weighted by Gasteiger charge is -2.31. The molecule has 0 N–H and O–H groups in total. The number of alkyl halides is 3. The van der Waals surface area contributed by atoms with E-state index in [2.05, 4.69) is 0 Å². The predicted octanol–water partition coefficient (Wildman–Crippen LogP) is 2.56. The van der Waals surface area contributed by atoms with Crippen LogP contribution in [0.5, 0.6) is 0 Å². The molecule has 6 heteroatoms. The summed E-state index contributed by atoms with van der Waals surface area (Å²) in [5.74, 6) is -1.82. The highest BCUT2D eigenvalue weighted by molar-refractivity contribution is 5.83. The van der Waals surface area contributed by atoms with Crippen LogP contribution in [0, 0.1) is 13.8 Å². The van der Waals surface area contributed by atoms with Crippen molar-refractivity contribution in [2.75, 3.05) is 6.54 Å². The number of aldehydes is 1. The zero-order chi connectivity index (χ0) is 15.1. The smallest absolute Gasteiger partial charge is 0.330 e. The first kappa shape index (κ1) is 14.6. The Morgan fingerprint density at radius 3 is 2.50 bits per heavy atom. The topological polar surface area (TPSA) is 37.4 Å². The molecule has 1 aromatic carbocycles. The molecule has 1 aliphatic rings. The number of amides is 1. The van der Waals surface area contributed by atoms with E-state index >= 15 is 0 Å². The number of aryl methyl sites for hydroxylation is 1. The third kappa shape index (κ3) is 2.42. The SMILES string of the molecule is Cc1cc(C=O)c(C)c2c1CCN(C(=O)C(F)(F)F)C2. The number of halogens is 3. The number of hydrogen-bond donors (Lipinski definition) is 0. The standard InChI is InChI=1S/C14H14F3NO2/c1-8-5-10(7-19)9(2)12-6-18(4-3-11(8)12)13(20)14(15,16)17/h5,7H,3-4,6H2,1-2H3. The molecule has 0 aliphatic carbocycles. The van der Waals surface area contributed by atoms with E-state index < -0.39 is 12.1 Å². The Morgan fingerprint density at radius 2 is 1.95 bits per heavy atom. The maximum Gasteiger partial charge on any atom is 0.471 e. The van der Waals surface area contributed by atoms with Gasteiger partial charge in [-0.05, 0) is 48.6 Å². The van der Waals surface area contributed by atoms with Gasteiger partial charge in [-0.3, -0.25) is 9.59 Å². The number of carbonyl (C=O) groups excluding carboxylic acids is 2. The number of nitrogens with zero attached hydrogens (tertiary/aromatic N) is 1. The van der Waals surface area contributed by atoms with Crippen LogP contribution in [0.1, 0.15) is 32.6 Å². The van der Waals surface area contributed by atoms with Crippen LogP contribution < -0.4 is 0 Å². The largest absolute Gasteiger partial charge is 0.471 e. The maximum atomic E-state index is 12.5. The number of carbonyl (C=O) groups is 2. The molecule has 0 aromatic heterocycles. The lowest BCUT2D eigenvalue weighted by Crippen LogP contribution is -2.44. The predicted molar refractivity (Wildman–Crippen MR) is 66.5 cm³/mol. The number of benzene rings is 1. The fraction of sp³-hybridized carbons (Fsp3) is 0.429. The van der Waals surface area contributed by atoms with Crippen LogP contribution in [0.3, 0.4) is 0 Å². The average molecular weight is 285 g/mol. The van der Waals surface area contributed by atoms with Crippen molar-refractivity contribution < 1.29 is 22.8 Å². The van der Waals surface area contributed by atoms with Gasteiger partial charge in [-0.15, -0.1) is 0 Å². The zero-order valence-corrected chi connectivity index (χ0v) is 11.2. The van der Waals surface area contributed by atoms with E-state index in [0.717, 1.165) is 16.0 Å². The van der Waals surface area contributed by atoms with Crippen LogP contribution in [-0.4, -0.2) is 29.8 Å². The van der Waals surface area contributed by atoms with Crippen molar-refractivity contribution in [3.05, 3.63) is 33.9 Å². The highest BCUT2D eigenvalue weighted by Crippen LogP contribution is 2.30. The molecule has 20 heavy (non-hydrogen) atoms. The monoisotopic (exact) mass is 285 g/mol. The van der Waals surface area contributed by atoms with Gasteiger partial charge in [-0.25, -0.2) is 0 Å². The first-order valence-electron chi connectivity index (χ1n) is 6.19. The second kappa shape index (κ2) is 4.92. The molecule has 1 aliphatic heterocycles. The summed E-state index contributed by atoms with van der Waals surface area (Å²) in [6, 6.07) is 1.74. The van der Waals surface area contributed by atoms with Gasteiger partial charge < -0.3 is 4.90 Å². The lowest BCUT2D eigenvalue weighted by molar-refractivity contribution is -0.186. The molecule has 0 saturated heterocycles. The second-order valence-electron chi connectivity index (χ2n) is 4.96. The van der Waals surface area contributed by atoms with Gasteiger partial charge in [0.2, 0.25) is 0 Å². The Kier molecular flexibility index (Phi) is 3.58. The van der Waals surface area contributed by atoms with Crippen LogP contribution >= 0.6 is 0 Å². The van der Waals surface area contributed by atoms with Gasteiger partial charge in [0, 0.05) is 18.7 Å². The van der Waals surface area contributed by atoms with E-state index in [0.29, 0.717) is 29.4 Å². The van der Waals surface area contributed by atoms with E-state index in [1.54, 1.807) is 13.0 Å². The van der Waals surface area contributed by atoms with Crippen molar-refractivity contribution in [2.24, 2.45) is 0 Å². The molecule has 0 unspecified atom stereocenters. The van der Waals surface area contributed by atoms with E-state index in [1.165, 1.54) is 0 Å². The Labute approximate surface area is 114 Å². The van der Waals surface area contributed by atoms with Crippen LogP contribution in [-0.2, 0) is 17.8 Å². The summed E-state index contributed by atoms with van der Waals surface area (Å²) in [4.78, 5) is 23.1. The number of rotatable bonds is 1. The molecule has 1 aromatic rings. The third-order valence-corrected chi connectivity index (χ3v) is 3.74. The maximum absolute atomic E-state index is 12.5. The molecule has 3 nitrogen and oxygen atoms in total. The molecule has 0 saturated carbocycles. The molecule has 0 fully saturated rings. The first-order chi connectivity index (χ1) is 9.25. The van der Waals surface area contributed by atoms with Crippen molar-refractivity contribution >= 4 is 12.2 Å². The molecule has 0 radical (unpaired) electrons. The first-order valence-corrected chi connectivity index (χ1v) is 6.19. The minimum Gasteiger partial charge on any atom is -0.330 e. The Balaban J connectivity index is 2.41. The van der Waals surface area contributed by atoms with Gasteiger partial charge in [0.05, 0.1) is 0 Å². The van der Waals surface area contributed by atoms with Crippen molar-refractivity contribution in [3.8, 4) is 0 Å². The van der Waals surface area contributed by atoms with Crippen LogP contribution in [0.25, 0.3) is 0 Å². The second-order valence-corrected chi connectivity index (χ2v) is 4.96. The zero-order valence-electron chi connectivity index (χ0n) is 11.2. The quantitative estimate of drug-likeness (QED) is 0.744. The van der Waals surface area contributed by atoms with Gasteiger partial charge in [0.15, 0.2) is 0 Å². The average Bonchev–Trinajstić information content (AvgIpc) is 2.40. The summed E-state index contributed by atoms with van der Waals surface area (Å²) in [6.07, 6.45) is -3.79. The van der Waals surface area contributed by atoms with E-state index in [-0.39, 0.29) is 13.1 Å². The lowest BCUT2D eigenvalue weighted by atomic mass is 9.88. The summed E-state index contributed by atoms with van der Waals surface area (Å²) < 4.78 is 37.5. The minimum absolute atomic E-state index is 0.0477. The van der Waals surface area contributed by atoms with Crippen molar-refractivity contribution in [1.82, 2.24) is 4.90 Å². The van der Waals surface area contributed by atoms with Crippen LogP contribution in [0.2, 0.25) is 0 Å².